The van der Waals surface area contributed by atoms with Crippen LogP contribution in [0.1, 0.15) is 32.6 Å². The second-order valence-corrected chi connectivity index (χ2v) is 4.29. The molecule has 0 aromatic carbocycles. The number of hydrogen-bond acceptors (Lipinski definition) is 3. The van der Waals surface area contributed by atoms with Crippen molar-refractivity contribution in [3.05, 3.63) is 12.2 Å². The molecule has 0 aromatic rings. The molecular weight excluding hydrogens is 180 g/mol. The van der Waals surface area contributed by atoms with Gasteiger partial charge in [-0.2, -0.15) is 0 Å². The zero-order chi connectivity index (χ0) is 10.4. The topological polar surface area (TPSA) is 46.5 Å². The first kappa shape index (κ1) is 11.2. The van der Waals surface area contributed by atoms with Gasteiger partial charge < -0.3 is 9.84 Å². The normalized spacial score (nSPS) is 35.4. The van der Waals surface area contributed by atoms with Crippen molar-refractivity contribution in [2.45, 2.75) is 38.7 Å². The van der Waals surface area contributed by atoms with Gasteiger partial charge in [0.2, 0.25) is 0 Å². The van der Waals surface area contributed by atoms with E-state index in [-0.39, 0.29) is 11.5 Å². The van der Waals surface area contributed by atoms with Crippen LogP contribution in [0.4, 0.5) is 0 Å². The van der Waals surface area contributed by atoms with Crippen molar-refractivity contribution in [2.75, 3.05) is 6.61 Å². The zero-order valence-corrected chi connectivity index (χ0v) is 8.61. The summed E-state index contributed by atoms with van der Waals surface area (Å²) in [5.41, 5.74) is 0.0205. The van der Waals surface area contributed by atoms with Crippen molar-refractivity contribution in [1.82, 2.24) is 0 Å². The smallest absolute Gasteiger partial charge is 0.293 e. The Balaban J connectivity index is 2.51. The Kier molecular flexibility index (Phi) is 4.14. The average Bonchev–Trinajstić information content (AvgIpc) is 2.17. The van der Waals surface area contributed by atoms with Crippen LogP contribution in [-0.4, -0.2) is 24.3 Å². The molecule has 3 nitrogen and oxygen atoms in total. The molecule has 2 atom stereocenters. The Morgan fingerprint density at radius 3 is 3.14 bits per heavy atom. The highest BCUT2D eigenvalue weighted by atomic mass is 16.5. The molecule has 0 heterocycles. The van der Waals surface area contributed by atoms with Gasteiger partial charge in [-0.25, -0.2) is 0 Å². The molecular formula is C11H18O3. The summed E-state index contributed by atoms with van der Waals surface area (Å²) >= 11 is 0. The van der Waals surface area contributed by atoms with E-state index in [4.69, 9.17) is 4.74 Å². The molecule has 80 valence electrons. The predicted molar refractivity (Wildman–Crippen MR) is 53.7 cm³/mol. The largest absolute Gasteiger partial charge is 0.467 e. The van der Waals surface area contributed by atoms with Gasteiger partial charge in [0.15, 0.2) is 0 Å². The minimum atomic E-state index is -0.342. The quantitative estimate of drug-likeness (QED) is 0.554. The summed E-state index contributed by atoms with van der Waals surface area (Å²) in [6.45, 7) is 3.05. The van der Waals surface area contributed by atoms with Gasteiger partial charge in [0.05, 0.1) is 12.7 Å². The monoisotopic (exact) mass is 198 g/mol. The van der Waals surface area contributed by atoms with Crippen LogP contribution in [-0.2, 0) is 9.53 Å². The first-order valence-electron chi connectivity index (χ1n) is 5.06. The van der Waals surface area contributed by atoms with E-state index in [1.165, 1.54) is 0 Å². The van der Waals surface area contributed by atoms with Gasteiger partial charge in [0, 0.05) is 5.41 Å². The van der Waals surface area contributed by atoms with E-state index in [2.05, 4.69) is 6.92 Å². The number of hydrogen-bond donors (Lipinski definition) is 1. The van der Waals surface area contributed by atoms with Gasteiger partial charge in [-0.3, -0.25) is 4.79 Å². The molecule has 0 bridgehead atoms. The highest BCUT2D eigenvalue weighted by molar-refractivity contribution is 5.37. The molecule has 1 N–H and O–H groups in total. The minimum Gasteiger partial charge on any atom is -0.467 e. The molecule has 1 rings (SSSR count). The SMILES string of the molecule is C[C@]1(COC=O)CC/C=C/[C@@H](O)CC1. The molecule has 0 aliphatic heterocycles. The molecule has 14 heavy (non-hydrogen) atoms. The third-order valence-corrected chi connectivity index (χ3v) is 2.82. The maximum absolute atomic E-state index is 10.1. The van der Waals surface area contributed by atoms with Crippen molar-refractivity contribution in [1.29, 1.82) is 0 Å². The van der Waals surface area contributed by atoms with Gasteiger partial charge >= 0.3 is 0 Å². The number of aliphatic hydroxyl groups is 1. The highest BCUT2D eigenvalue weighted by Crippen LogP contribution is 2.31. The summed E-state index contributed by atoms with van der Waals surface area (Å²) in [5.74, 6) is 0. The van der Waals surface area contributed by atoms with Crippen LogP contribution >= 0.6 is 0 Å². The van der Waals surface area contributed by atoms with E-state index in [0.717, 1.165) is 25.7 Å². The predicted octanol–water partition coefficient (Wildman–Crippen LogP) is 1.66. The Morgan fingerprint density at radius 2 is 2.43 bits per heavy atom. The average molecular weight is 198 g/mol. The van der Waals surface area contributed by atoms with Gasteiger partial charge in [0.25, 0.3) is 6.47 Å². The fourth-order valence-corrected chi connectivity index (χ4v) is 1.78. The number of ether oxygens (including phenoxy) is 1. The Labute approximate surface area is 84.8 Å². The lowest BCUT2D eigenvalue weighted by atomic mass is 9.79. The second kappa shape index (κ2) is 5.15. The van der Waals surface area contributed by atoms with Crippen LogP contribution in [0.2, 0.25) is 0 Å². The van der Waals surface area contributed by atoms with Crippen molar-refractivity contribution >= 4 is 6.47 Å². The van der Waals surface area contributed by atoms with E-state index >= 15 is 0 Å². The number of allylic oxidation sites excluding steroid dienone is 1. The van der Waals surface area contributed by atoms with Gasteiger partial charge in [0.1, 0.15) is 0 Å². The van der Waals surface area contributed by atoms with Crippen LogP contribution in [0, 0.1) is 5.41 Å². The van der Waals surface area contributed by atoms with Crippen molar-refractivity contribution in [3.8, 4) is 0 Å². The fraction of sp³-hybridized carbons (Fsp3) is 0.727. The summed E-state index contributed by atoms with van der Waals surface area (Å²) in [6.07, 6.45) is 7.09. The molecule has 0 radical (unpaired) electrons. The Bertz CT molecular complexity index is 213. The van der Waals surface area contributed by atoms with E-state index in [1.54, 1.807) is 0 Å². The molecule has 3 heteroatoms. The summed E-state index contributed by atoms with van der Waals surface area (Å²) < 4.78 is 4.82. The van der Waals surface area contributed by atoms with E-state index in [9.17, 15) is 9.90 Å². The van der Waals surface area contributed by atoms with E-state index in [1.807, 2.05) is 12.2 Å². The highest BCUT2D eigenvalue weighted by Gasteiger charge is 2.26. The summed E-state index contributed by atoms with van der Waals surface area (Å²) in [4.78, 5) is 10.1. The van der Waals surface area contributed by atoms with Crippen LogP contribution in [0.15, 0.2) is 12.2 Å². The van der Waals surface area contributed by atoms with Crippen molar-refractivity contribution < 1.29 is 14.6 Å². The van der Waals surface area contributed by atoms with Gasteiger partial charge in [-0.1, -0.05) is 19.1 Å². The second-order valence-electron chi connectivity index (χ2n) is 4.29. The molecule has 0 fully saturated rings. The first-order valence-corrected chi connectivity index (χ1v) is 5.06. The lowest BCUT2D eigenvalue weighted by Gasteiger charge is -2.29. The zero-order valence-electron chi connectivity index (χ0n) is 8.61. The van der Waals surface area contributed by atoms with Crippen molar-refractivity contribution in [2.24, 2.45) is 5.41 Å². The molecule has 1 aliphatic rings. The third kappa shape index (κ3) is 3.50. The molecule has 0 unspecified atom stereocenters. The molecule has 0 spiro atoms. The lowest BCUT2D eigenvalue weighted by molar-refractivity contribution is -0.132. The standard InChI is InChI=1S/C11H18O3/c1-11(8-14-9-12)6-3-2-4-10(13)5-7-11/h2,4,9-10,13H,3,5-8H2,1H3/b4-2+/t10-,11+/m1/s1. The van der Waals surface area contributed by atoms with E-state index in [0.29, 0.717) is 13.1 Å². The first-order chi connectivity index (χ1) is 6.66. The molecule has 1 aliphatic carbocycles. The molecule has 0 saturated heterocycles. The number of aliphatic hydroxyl groups excluding tert-OH is 1. The van der Waals surface area contributed by atoms with Crippen LogP contribution in [0.3, 0.4) is 0 Å². The third-order valence-electron chi connectivity index (χ3n) is 2.82. The van der Waals surface area contributed by atoms with Crippen LogP contribution < -0.4 is 0 Å². The van der Waals surface area contributed by atoms with Crippen molar-refractivity contribution in [3.63, 3.8) is 0 Å². The number of rotatable bonds is 3. The maximum atomic E-state index is 10.1. The number of carbonyl (C=O) groups excluding carboxylic acids is 1. The lowest BCUT2D eigenvalue weighted by Crippen LogP contribution is -2.25. The Morgan fingerprint density at radius 1 is 1.64 bits per heavy atom. The fourth-order valence-electron chi connectivity index (χ4n) is 1.78. The van der Waals surface area contributed by atoms with E-state index < -0.39 is 0 Å². The summed E-state index contributed by atoms with van der Waals surface area (Å²) in [7, 11) is 0. The molecule has 0 saturated carbocycles. The van der Waals surface area contributed by atoms with Gasteiger partial charge in [-0.05, 0) is 25.7 Å². The summed E-state index contributed by atoms with van der Waals surface area (Å²) in [6, 6.07) is 0. The molecule has 0 aromatic heterocycles. The number of carbonyl (C=O) groups is 1. The molecule has 0 amide bonds. The van der Waals surface area contributed by atoms with Crippen LogP contribution in [0.25, 0.3) is 0 Å². The maximum Gasteiger partial charge on any atom is 0.293 e. The summed E-state index contributed by atoms with van der Waals surface area (Å²) in [5, 5.41) is 9.47. The van der Waals surface area contributed by atoms with Crippen LogP contribution in [0.5, 0.6) is 0 Å². The van der Waals surface area contributed by atoms with Gasteiger partial charge in [-0.15, -0.1) is 0 Å². The Hall–Kier alpha value is -0.830. The minimum absolute atomic E-state index is 0.0205.